The van der Waals surface area contributed by atoms with Gasteiger partial charge >= 0.3 is 0 Å². The standard InChI is InChI=1S/C17H19ClN2O3S/c1-3-16(12-7-5-4-6-8-12)19-17(21)14-10-9-13(11-15(14)18)20-24(2,22)23/h4-11,16,20H,3H2,1-2H3,(H,19,21)/t16-/m0/s1. The van der Waals surface area contributed by atoms with Crippen LogP contribution in [0.1, 0.15) is 35.3 Å². The molecule has 0 aromatic heterocycles. The number of benzene rings is 2. The molecule has 0 aliphatic heterocycles. The van der Waals surface area contributed by atoms with Gasteiger partial charge in [-0.05, 0) is 30.2 Å². The SMILES string of the molecule is CC[C@H](NC(=O)c1ccc(NS(C)(=O)=O)cc1Cl)c1ccccc1. The first kappa shape index (κ1) is 18.3. The predicted octanol–water partition coefficient (Wildman–Crippen LogP) is 3.59. The molecule has 0 spiro atoms. The molecule has 0 saturated carbocycles. The first-order valence-corrected chi connectivity index (χ1v) is 9.70. The second-order valence-electron chi connectivity index (χ2n) is 5.41. The summed E-state index contributed by atoms with van der Waals surface area (Å²) in [4.78, 5) is 12.5. The molecule has 0 aliphatic rings. The molecule has 1 atom stereocenters. The van der Waals surface area contributed by atoms with Crippen molar-refractivity contribution < 1.29 is 13.2 Å². The first-order valence-electron chi connectivity index (χ1n) is 7.43. The van der Waals surface area contributed by atoms with Gasteiger partial charge in [0.1, 0.15) is 0 Å². The number of nitrogens with one attached hydrogen (secondary N) is 2. The zero-order valence-corrected chi connectivity index (χ0v) is 15.0. The quantitative estimate of drug-likeness (QED) is 0.820. The van der Waals surface area contributed by atoms with E-state index >= 15 is 0 Å². The van der Waals surface area contributed by atoms with E-state index in [0.29, 0.717) is 11.3 Å². The van der Waals surface area contributed by atoms with Gasteiger partial charge in [0.25, 0.3) is 5.91 Å². The monoisotopic (exact) mass is 366 g/mol. The first-order chi connectivity index (χ1) is 11.3. The molecule has 2 rings (SSSR count). The molecule has 0 fully saturated rings. The Balaban J connectivity index is 2.17. The summed E-state index contributed by atoms with van der Waals surface area (Å²) in [6.45, 7) is 1.98. The van der Waals surface area contributed by atoms with E-state index < -0.39 is 10.0 Å². The Bertz CT molecular complexity index is 823. The molecule has 128 valence electrons. The molecule has 24 heavy (non-hydrogen) atoms. The molecule has 1 amide bonds. The fourth-order valence-electron chi connectivity index (χ4n) is 2.32. The Labute approximate surface area is 147 Å². The van der Waals surface area contributed by atoms with Crippen molar-refractivity contribution in [3.8, 4) is 0 Å². The van der Waals surface area contributed by atoms with Gasteiger partial charge in [-0.2, -0.15) is 0 Å². The lowest BCUT2D eigenvalue weighted by Crippen LogP contribution is -2.28. The summed E-state index contributed by atoms with van der Waals surface area (Å²) in [7, 11) is -3.40. The van der Waals surface area contributed by atoms with Crippen LogP contribution in [-0.2, 0) is 10.0 Å². The molecule has 0 saturated heterocycles. The van der Waals surface area contributed by atoms with Crippen molar-refractivity contribution in [3.05, 3.63) is 64.7 Å². The van der Waals surface area contributed by atoms with Gasteiger partial charge in [-0.15, -0.1) is 0 Å². The molecule has 5 nitrogen and oxygen atoms in total. The summed E-state index contributed by atoms with van der Waals surface area (Å²) >= 11 is 6.13. The fraction of sp³-hybridized carbons (Fsp3) is 0.235. The summed E-state index contributed by atoms with van der Waals surface area (Å²) in [5, 5.41) is 3.13. The number of hydrogen-bond acceptors (Lipinski definition) is 3. The van der Waals surface area contributed by atoms with E-state index in [2.05, 4.69) is 10.0 Å². The van der Waals surface area contributed by atoms with Crippen LogP contribution in [0.4, 0.5) is 5.69 Å². The number of hydrogen-bond donors (Lipinski definition) is 2. The number of carbonyl (C=O) groups is 1. The largest absolute Gasteiger partial charge is 0.345 e. The third-order valence-electron chi connectivity index (χ3n) is 3.43. The Morgan fingerprint density at radius 3 is 2.38 bits per heavy atom. The van der Waals surface area contributed by atoms with Gasteiger partial charge < -0.3 is 5.32 Å². The lowest BCUT2D eigenvalue weighted by molar-refractivity contribution is 0.0935. The molecule has 0 unspecified atom stereocenters. The highest BCUT2D eigenvalue weighted by atomic mass is 35.5. The zero-order chi connectivity index (χ0) is 17.7. The van der Waals surface area contributed by atoms with E-state index in [1.807, 2.05) is 37.3 Å². The van der Waals surface area contributed by atoms with Gasteiger partial charge in [0.2, 0.25) is 10.0 Å². The summed E-state index contributed by atoms with van der Waals surface area (Å²) in [5.41, 5.74) is 1.62. The summed E-state index contributed by atoms with van der Waals surface area (Å²) in [5.74, 6) is -0.304. The van der Waals surface area contributed by atoms with Crippen LogP contribution in [0.2, 0.25) is 5.02 Å². The number of carbonyl (C=O) groups excluding carboxylic acids is 1. The Hall–Kier alpha value is -2.05. The van der Waals surface area contributed by atoms with Crippen molar-refractivity contribution in [2.75, 3.05) is 11.0 Å². The molecule has 0 radical (unpaired) electrons. The van der Waals surface area contributed by atoms with Gasteiger partial charge in [-0.1, -0.05) is 48.9 Å². The second kappa shape index (κ2) is 7.68. The third-order valence-corrected chi connectivity index (χ3v) is 4.35. The Morgan fingerprint density at radius 2 is 1.83 bits per heavy atom. The van der Waals surface area contributed by atoms with Crippen molar-refractivity contribution in [2.24, 2.45) is 0 Å². The molecular formula is C17H19ClN2O3S. The van der Waals surface area contributed by atoms with Crippen LogP contribution in [0.5, 0.6) is 0 Å². The molecule has 2 N–H and O–H groups in total. The lowest BCUT2D eigenvalue weighted by Gasteiger charge is -2.18. The number of amides is 1. The third kappa shape index (κ3) is 4.97. The topological polar surface area (TPSA) is 75.3 Å². The van der Waals surface area contributed by atoms with E-state index in [0.717, 1.165) is 18.2 Å². The number of rotatable bonds is 6. The van der Waals surface area contributed by atoms with Crippen molar-refractivity contribution in [2.45, 2.75) is 19.4 Å². The minimum atomic E-state index is -3.40. The average molecular weight is 367 g/mol. The average Bonchev–Trinajstić information content (AvgIpc) is 2.51. The maximum Gasteiger partial charge on any atom is 0.253 e. The maximum atomic E-state index is 12.5. The predicted molar refractivity (Wildman–Crippen MR) is 96.9 cm³/mol. The minimum absolute atomic E-state index is 0.122. The lowest BCUT2D eigenvalue weighted by atomic mass is 10.0. The molecule has 7 heteroatoms. The minimum Gasteiger partial charge on any atom is -0.345 e. The normalized spacial score (nSPS) is 12.5. The van der Waals surface area contributed by atoms with Crippen LogP contribution in [-0.4, -0.2) is 20.6 Å². The molecule has 2 aromatic rings. The Kier molecular flexibility index (Phi) is 5.85. The van der Waals surface area contributed by atoms with Gasteiger partial charge in [0.05, 0.1) is 22.9 Å². The molecule has 2 aromatic carbocycles. The van der Waals surface area contributed by atoms with E-state index in [1.165, 1.54) is 18.2 Å². The second-order valence-corrected chi connectivity index (χ2v) is 7.57. The van der Waals surface area contributed by atoms with E-state index in [-0.39, 0.29) is 17.0 Å². The smallest absolute Gasteiger partial charge is 0.253 e. The van der Waals surface area contributed by atoms with Gasteiger partial charge in [-0.25, -0.2) is 8.42 Å². The van der Waals surface area contributed by atoms with Crippen LogP contribution >= 0.6 is 11.6 Å². The summed E-state index contributed by atoms with van der Waals surface area (Å²) in [6, 6.07) is 14.0. The van der Waals surface area contributed by atoms with Crippen molar-refractivity contribution >= 4 is 33.2 Å². The maximum absolute atomic E-state index is 12.5. The van der Waals surface area contributed by atoms with Crippen LogP contribution in [0, 0.1) is 0 Å². The number of sulfonamides is 1. The summed E-state index contributed by atoms with van der Waals surface area (Å²) in [6.07, 6.45) is 1.79. The van der Waals surface area contributed by atoms with Gasteiger partial charge in [-0.3, -0.25) is 9.52 Å². The van der Waals surface area contributed by atoms with E-state index in [4.69, 9.17) is 11.6 Å². The Morgan fingerprint density at radius 1 is 1.17 bits per heavy atom. The van der Waals surface area contributed by atoms with E-state index in [1.54, 1.807) is 0 Å². The highest BCUT2D eigenvalue weighted by molar-refractivity contribution is 7.92. The highest BCUT2D eigenvalue weighted by Crippen LogP contribution is 2.23. The van der Waals surface area contributed by atoms with Crippen LogP contribution in [0.15, 0.2) is 48.5 Å². The fourth-order valence-corrected chi connectivity index (χ4v) is 3.14. The van der Waals surface area contributed by atoms with Gasteiger partial charge in [0, 0.05) is 5.69 Å². The van der Waals surface area contributed by atoms with Crippen molar-refractivity contribution in [3.63, 3.8) is 0 Å². The van der Waals surface area contributed by atoms with Gasteiger partial charge in [0.15, 0.2) is 0 Å². The number of anilines is 1. The highest BCUT2D eigenvalue weighted by Gasteiger charge is 2.17. The summed E-state index contributed by atoms with van der Waals surface area (Å²) < 4.78 is 24.8. The van der Waals surface area contributed by atoms with Crippen molar-refractivity contribution in [1.82, 2.24) is 5.32 Å². The van der Waals surface area contributed by atoms with Crippen LogP contribution < -0.4 is 10.0 Å². The molecular weight excluding hydrogens is 348 g/mol. The zero-order valence-electron chi connectivity index (χ0n) is 13.4. The van der Waals surface area contributed by atoms with E-state index in [9.17, 15) is 13.2 Å². The van der Waals surface area contributed by atoms with Crippen LogP contribution in [0.25, 0.3) is 0 Å². The molecule has 0 aliphatic carbocycles. The number of halogens is 1. The van der Waals surface area contributed by atoms with Crippen LogP contribution in [0.3, 0.4) is 0 Å². The van der Waals surface area contributed by atoms with Crippen molar-refractivity contribution in [1.29, 1.82) is 0 Å². The molecule has 0 heterocycles. The molecule has 0 bridgehead atoms.